The van der Waals surface area contributed by atoms with Crippen LogP contribution in [0, 0.1) is 0 Å². The van der Waals surface area contributed by atoms with Crippen LogP contribution in [-0.4, -0.2) is 17.3 Å². The molecule has 3 rings (SSSR count). The molecule has 0 aliphatic heterocycles. The fourth-order valence-corrected chi connectivity index (χ4v) is 2.60. The van der Waals surface area contributed by atoms with Crippen LogP contribution >= 0.6 is 0 Å². The topological polar surface area (TPSA) is 32.3 Å². The van der Waals surface area contributed by atoms with E-state index in [-0.39, 0.29) is 12.1 Å². The molecule has 1 fully saturated rings. The highest BCUT2D eigenvalue weighted by Gasteiger charge is 2.24. The zero-order valence-corrected chi connectivity index (χ0v) is 9.76. The molecule has 2 atom stereocenters. The highest BCUT2D eigenvalue weighted by Crippen LogP contribution is 2.25. The van der Waals surface area contributed by atoms with Gasteiger partial charge in [-0.3, -0.25) is 0 Å². The predicted octanol–water partition coefficient (Wildman–Crippen LogP) is 3.17. The quantitative estimate of drug-likeness (QED) is 0.826. The summed E-state index contributed by atoms with van der Waals surface area (Å²) in [5, 5.41) is 15.7. The van der Waals surface area contributed by atoms with Crippen LogP contribution in [0.4, 0.5) is 5.69 Å². The van der Waals surface area contributed by atoms with Gasteiger partial charge in [0, 0.05) is 5.69 Å². The number of hydrogen-bond acceptors (Lipinski definition) is 2. The summed E-state index contributed by atoms with van der Waals surface area (Å²) in [6.45, 7) is 0. The van der Waals surface area contributed by atoms with Crippen molar-refractivity contribution in [3.63, 3.8) is 0 Å². The van der Waals surface area contributed by atoms with Crippen LogP contribution in [0.2, 0.25) is 0 Å². The molecule has 0 bridgehead atoms. The molecule has 2 aromatic rings. The number of aliphatic hydroxyl groups is 1. The van der Waals surface area contributed by atoms with Gasteiger partial charge in [0.1, 0.15) is 0 Å². The first kappa shape index (κ1) is 10.6. The second-order valence-electron chi connectivity index (χ2n) is 4.81. The van der Waals surface area contributed by atoms with Crippen LogP contribution < -0.4 is 5.32 Å². The van der Waals surface area contributed by atoms with Gasteiger partial charge in [-0.2, -0.15) is 0 Å². The third-order valence-electron chi connectivity index (χ3n) is 3.58. The molecule has 2 aromatic carbocycles. The Balaban J connectivity index is 1.85. The van der Waals surface area contributed by atoms with Gasteiger partial charge in [0.15, 0.2) is 0 Å². The minimum absolute atomic E-state index is 0.193. The third-order valence-corrected chi connectivity index (χ3v) is 3.58. The van der Waals surface area contributed by atoms with Crippen molar-refractivity contribution < 1.29 is 5.11 Å². The van der Waals surface area contributed by atoms with Crippen molar-refractivity contribution in [1.29, 1.82) is 0 Å². The molecular weight excluding hydrogens is 210 g/mol. The van der Waals surface area contributed by atoms with Crippen molar-refractivity contribution in [3.8, 4) is 0 Å². The highest BCUT2D eigenvalue weighted by molar-refractivity contribution is 5.85. The van der Waals surface area contributed by atoms with Crippen molar-refractivity contribution in [2.75, 3.05) is 5.32 Å². The van der Waals surface area contributed by atoms with Crippen LogP contribution in [0.15, 0.2) is 42.5 Å². The molecule has 0 aromatic heterocycles. The summed E-state index contributed by atoms with van der Waals surface area (Å²) in [4.78, 5) is 0. The second-order valence-corrected chi connectivity index (χ2v) is 4.81. The Morgan fingerprint density at radius 1 is 1.00 bits per heavy atom. The Morgan fingerprint density at radius 3 is 2.59 bits per heavy atom. The molecule has 0 radical (unpaired) electrons. The summed E-state index contributed by atoms with van der Waals surface area (Å²) in [6, 6.07) is 14.9. The largest absolute Gasteiger partial charge is 0.391 e. The molecule has 2 heteroatoms. The molecule has 1 saturated carbocycles. The van der Waals surface area contributed by atoms with Crippen LogP contribution in [0.3, 0.4) is 0 Å². The molecule has 2 unspecified atom stereocenters. The monoisotopic (exact) mass is 227 g/mol. The summed E-state index contributed by atoms with van der Waals surface area (Å²) >= 11 is 0. The Morgan fingerprint density at radius 2 is 1.82 bits per heavy atom. The van der Waals surface area contributed by atoms with Crippen molar-refractivity contribution in [1.82, 2.24) is 0 Å². The van der Waals surface area contributed by atoms with Crippen molar-refractivity contribution >= 4 is 16.5 Å². The molecule has 0 amide bonds. The van der Waals surface area contributed by atoms with Gasteiger partial charge >= 0.3 is 0 Å². The van der Waals surface area contributed by atoms with E-state index in [0.29, 0.717) is 0 Å². The van der Waals surface area contributed by atoms with E-state index >= 15 is 0 Å². The third kappa shape index (κ3) is 2.13. The number of nitrogens with one attached hydrogen (secondary N) is 1. The van der Waals surface area contributed by atoms with Crippen molar-refractivity contribution in [2.45, 2.75) is 31.4 Å². The Kier molecular flexibility index (Phi) is 2.73. The summed E-state index contributed by atoms with van der Waals surface area (Å²) in [7, 11) is 0. The lowest BCUT2D eigenvalue weighted by molar-refractivity contribution is 0.172. The standard InChI is InChI=1S/C15H17NO/c17-15-7-3-6-14(15)16-13-9-8-11-4-1-2-5-12(11)10-13/h1-2,4-5,8-10,14-17H,3,6-7H2. The molecule has 0 spiro atoms. The number of rotatable bonds is 2. The van der Waals surface area contributed by atoms with E-state index in [9.17, 15) is 5.11 Å². The van der Waals surface area contributed by atoms with E-state index in [0.717, 1.165) is 24.9 Å². The lowest BCUT2D eigenvalue weighted by atomic mass is 10.1. The minimum atomic E-state index is -0.193. The van der Waals surface area contributed by atoms with Crippen LogP contribution in [0.1, 0.15) is 19.3 Å². The molecule has 1 aliphatic carbocycles. The number of aliphatic hydroxyl groups excluding tert-OH is 1. The first-order valence-electron chi connectivity index (χ1n) is 6.26. The molecule has 0 saturated heterocycles. The summed E-state index contributed by atoms with van der Waals surface area (Å²) in [5.41, 5.74) is 1.11. The predicted molar refractivity (Wildman–Crippen MR) is 71.2 cm³/mol. The smallest absolute Gasteiger partial charge is 0.0741 e. The average Bonchev–Trinajstić information content (AvgIpc) is 2.75. The number of benzene rings is 2. The van der Waals surface area contributed by atoms with Gasteiger partial charge in [0.05, 0.1) is 12.1 Å². The first-order valence-corrected chi connectivity index (χ1v) is 6.26. The lowest BCUT2D eigenvalue weighted by Gasteiger charge is -2.18. The maximum atomic E-state index is 9.80. The van der Waals surface area contributed by atoms with Gasteiger partial charge in [-0.15, -0.1) is 0 Å². The van der Waals surface area contributed by atoms with Gasteiger partial charge in [-0.05, 0) is 42.2 Å². The van der Waals surface area contributed by atoms with Crippen LogP contribution in [0.25, 0.3) is 10.8 Å². The van der Waals surface area contributed by atoms with E-state index in [1.165, 1.54) is 10.8 Å². The lowest BCUT2D eigenvalue weighted by Crippen LogP contribution is -2.27. The summed E-state index contributed by atoms with van der Waals surface area (Å²) in [5.74, 6) is 0. The molecular formula is C15H17NO. The fraction of sp³-hybridized carbons (Fsp3) is 0.333. The van der Waals surface area contributed by atoms with E-state index in [1.807, 2.05) is 0 Å². The SMILES string of the molecule is OC1CCCC1Nc1ccc2ccccc2c1. The molecule has 2 nitrogen and oxygen atoms in total. The molecule has 2 N–H and O–H groups in total. The molecule has 88 valence electrons. The zero-order valence-electron chi connectivity index (χ0n) is 9.76. The van der Waals surface area contributed by atoms with Gasteiger partial charge in [0.25, 0.3) is 0 Å². The van der Waals surface area contributed by atoms with E-state index in [1.54, 1.807) is 0 Å². The van der Waals surface area contributed by atoms with E-state index in [2.05, 4.69) is 47.8 Å². The maximum absolute atomic E-state index is 9.80. The summed E-state index contributed by atoms with van der Waals surface area (Å²) < 4.78 is 0. The number of fused-ring (bicyclic) bond motifs is 1. The summed E-state index contributed by atoms with van der Waals surface area (Å²) in [6.07, 6.45) is 2.91. The van der Waals surface area contributed by atoms with Crippen molar-refractivity contribution in [3.05, 3.63) is 42.5 Å². The maximum Gasteiger partial charge on any atom is 0.0741 e. The van der Waals surface area contributed by atoms with E-state index < -0.39 is 0 Å². The Bertz CT molecular complexity index is 523. The van der Waals surface area contributed by atoms with Crippen LogP contribution in [0.5, 0.6) is 0 Å². The highest BCUT2D eigenvalue weighted by atomic mass is 16.3. The van der Waals surface area contributed by atoms with Crippen molar-refractivity contribution in [2.24, 2.45) is 0 Å². The Hall–Kier alpha value is -1.54. The van der Waals surface area contributed by atoms with E-state index in [4.69, 9.17) is 0 Å². The zero-order chi connectivity index (χ0) is 11.7. The molecule has 0 heterocycles. The fourth-order valence-electron chi connectivity index (χ4n) is 2.60. The van der Waals surface area contributed by atoms with Gasteiger partial charge in [-0.25, -0.2) is 0 Å². The first-order chi connectivity index (χ1) is 8.33. The number of hydrogen-bond donors (Lipinski definition) is 2. The Labute approximate surface area is 101 Å². The molecule has 17 heavy (non-hydrogen) atoms. The van der Waals surface area contributed by atoms with Crippen LogP contribution in [-0.2, 0) is 0 Å². The normalized spacial score (nSPS) is 24.1. The van der Waals surface area contributed by atoms with Gasteiger partial charge in [0.2, 0.25) is 0 Å². The number of anilines is 1. The average molecular weight is 227 g/mol. The minimum Gasteiger partial charge on any atom is -0.391 e. The molecule has 1 aliphatic rings. The second kappa shape index (κ2) is 4.38. The van der Waals surface area contributed by atoms with Gasteiger partial charge < -0.3 is 10.4 Å². The van der Waals surface area contributed by atoms with Gasteiger partial charge in [-0.1, -0.05) is 30.3 Å².